The smallest absolute Gasteiger partial charge is 0.434 e. The summed E-state index contributed by atoms with van der Waals surface area (Å²) in [6.07, 6.45) is 3.26. The van der Waals surface area contributed by atoms with E-state index in [-0.39, 0.29) is 24.9 Å². The van der Waals surface area contributed by atoms with Crippen LogP contribution in [-0.4, -0.2) is 38.1 Å². The molecule has 11 heteroatoms. The number of nitrogens with zero attached hydrogens (tertiary/aromatic N) is 3. The number of aromatic nitrogens is 3. The van der Waals surface area contributed by atoms with Gasteiger partial charge in [0, 0.05) is 18.3 Å². The molecule has 1 amide bonds. The third-order valence-electron chi connectivity index (χ3n) is 6.24. The van der Waals surface area contributed by atoms with Crippen LogP contribution in [0.3, 0.4) is 0 Å². The fraction of sp³-hybridized carbons (Fsp3) is 0.360. The second kappa shape index (κ2) is 10.8. The summed E-state index contributed by atoms with van der Waals surface area (Å²) in [5.74, 6) is -0.613. The minimum atomic E-state index is -4.52. The van der Waals surface area contributed by atoms with E-state index in [0.29, 0.717) is 17.3 Å². The summed E-state index contributed by atoms with van der Waals surface area (Å²) in [6.45, 7) is 0.0573. The van der Waals surface area contributed by atoms with Gasteiger partial charge in [0.1, 0.15) is 12.1 Å². The molecule has 0 bridgehead atoms. The molecule has 0 spiro atoms. The van der Waals surface area contributed by atoms with Crippen LogP contribution in [0, 0.1) is 5.92 Å². The average molecular weight is 502 g/mol. The number of hydrogen-bond acceptors (Lipinski definition) is 5. The van der Waals surface area contributed by atoms with Gasteiger partial charge in [-0.2, -0.15) is 13.2 Å². The van der Waals surface area contributed by atoms with Crippen LogP contribution in [0.2, 0.25) is 0 Å². The number of anilines is 1. The third-order valence-corrected chi connectivity index (χ3v) is 6.24. The number of amides is 1. The molecule has 1 saturated carbocycles. The molecule has 1 atom stereocenters. The second-order valence-electron chi connectivity index (χ2n) is 8.76. The Morgan fingerprint density at radius 2 is 1.81 bits per heavy atom. The van der Waals surface area contributed by atoms with Gasteiger partial charge in [-0.25, -0.2) is 9.97 Å². The highest BCUT2D eigenvalue weighted by Crippen LogP contribution is 2.38. The van der Waals surface area contributed by atoms with E-state index in [1.165, 1.54) is 4.57 Å². The van der Waals surface area contributed by atoms with Crippen LogP contribution in [0.25, 0.3) is 5.82 Å². The molecule has 0 aliphatic heterocycles. The van der Waals surface area contributed by atoms with Gasteiger partial charge in [-0.15, -0.1) is 0 Å². The Bertz CT molecular complexity index is 1190. The van der Waals surface area contributed by atoms with E-state index in [4.69, 9.17) is 5.11 Å². The number of imidazole rings is 1. The van der Waals surface area contributed by atoms with Crippen molar-refractivity contribution in [2.24, 2.45) is 5.92 Å². The van der Waals surface area contributed by atoms with Crippen molar-refractivity contribution in [2.75, 3.05) is 11.9 Å². The van der Waals surface area contributed by atoms with E-state index >= 15 is 0 Å². The van der Waals surface area contributed by atoms with Gasteiger partial charge >= 0.3 is 12.1 Å². The van der Waals surface area contributed by atoms with Crippen molar-refractivity contribution in [1.29, 1.82) is 0 Å². The van der Waals surface area contributed by atoms with Crippen LogP contribution in [0.4, 0.5) is 18.9 Å². The molecule has 2 heterocycles. The highest BCUT2D eigenvalue weighted by molar-refractivity contribution is 5.94. The maximum absolute atomic E-state index is 12.8. The molecule has 3 N–H and O–H groups in total. The monoisotopic (exact) mass is 501 g/mol. The fourth-order valence-corrected chi connectivity index (χ4v) is 4.39. The zero-order valence-electron chi connectivity index (χ0n) is 19.3. The molecule has 1 fully saturated rings. The summed E-state index contributed by atoms with van der Waals surface area (Å²) in [7, 11) is 0. The summed E-state index contributed by atoms with van der Waals surface area (Å²) in [4.78, 5) is 30.6. The maximum Gasteiger partial charge on any atom is 0.434 e. The molecule has 190 valence electrons. The van der Waals surface area contributed by atoms with Crippen LogP contribution < -0.4 is 10.6 Å². The number of hydrogen-bond donors (Lipinski definition) is 3. The zero-order valence-corrected chi connectivity index (χ0v) is 19.3. The number of carboxylic acids is 1. The Kier molecular flexibility index (Phi) is 7.56. The van der Waals surface area contributed by atoms with Gasteiger partial charge in [-0.05, 0) is 48.6 Å². The largest absolute Gasteiger partial charge is 0.481 e. The van der Waals surface area contributed by atoms with Crippen LogP contribution in [0.1, 0.15) is 59.8 Å². The van der Waals surface area contributed by atoms with E-state index in [0.717, 1.165) is 49.5 Å². The van der Waals surface area contributed by atoms with Crippen LogP contribution in [0.5, 0.6) is 0 Å². The Balaban J connectivity index is 1.47. The van der Waals surface area contributed by atoms with Crippen molar-refractivity contribution in [2.45, 2.75) is 44.3 Å². The van der Waals surface area contributed by atoms with E-state index < -0.39 is 17.8 Å². The number of carbonyl (C=O) groups is 2. The van der Waals surface area contributed by atoms with Crippen molar-refractivity contribution in [3.05, 3.63) is 71.9 Å². The van der Waals surface area contributed by atoms with Gasteiger partial charge in [0.2, 0.25) is 0 Å². The van der Waals surface area contributed by atoms with Crippen molar-refractivity contribution in [1.82, 2.24) is 19.9 Å². The molecular weight excluding hydrogens is 475 g/mol. The number of pyridine rings is 1. The SMILES string of the molecule is O=C(O)CCNC(=O)c1ccc([C@H](Nc2ccc(-n3cnc(C(F)(F)F)c3)nc2)C2CCCC2)cc1. The molecule has 4 rings (SSSR count). The van der Waals surface area contributed by atoms with Crippen molar-refractivity contribution in [3.8, 4) is 5.82 Å². The molecule has 0 radical (unpaired) electrons. The number of carboxylic acid groups (broad SMARTS) is 1. The molecule has 2 aromatic heterocycles. The standard InChI is InChI=1S/C25H26F3N5O3/c26-25(27,28)20-14-33(15-31-20)21-10-9-19(13-30-21)32-23(16-3-1-2-4-16)17-5-7-18(8-6-17)24(36)29-12-11-22(34)35/h5-10,13-16,23,32H,1-4,11-12H2,(H,29,36)(H,34,35)/t23-/m1/s1. The van der Waals surface area contributed by atoms with E-state index in [2.05, 4.69) is 20.6 Å². The average Bonchev–Trinajstić information content (AvgIpc) is 3.55. The van der Waals surface area contributed by atoms with E-state index in [9.17, 15) is 22.8 Å². The molecule has 3 aromatic rings. The summed E-state index contributed by atoms with van der Waals surface area (Å²) in [5.41, 5.74) is 1.19. The fourth-order valence-electron chi connectivity index (χ4n) is 4.39. The van der Waals surface area contributed by atoms with Gasteiger partial charge in [0.05, 0.1) is 24.3 Å². The lowest BCUT2D eigenvalue weighted by molar-refractivity contribution is -0.141. The van der Waals surface area contributed by atoms with Gasteiger partial charge in [-0.3, -0.25) is 14.2 Å². The highest BCUT2D eigenvalue weighted by Gasteiger charge is 2.33. The topological polar surface area (TPSA) is 109 Å². The molecule has 1 aliphatic carbocycles. The number of nitrogens with one attached hydrogen (secondary N) is 2. The van der Waals surface area contributed by atoms with Crippen molar-refractivity contribution >= 4 is 17.6 Å². The molecule has 0 saturated heterocycles. The molecule has 0 unspecified atom stereocenters. The van der Waals surface area contributed by atoms with E-state index in [1.807, 2.05) is 12.1 Å². The van der Waals surface area contributed by atoms with Crippen LogP contribution in [0.15, 0.2) is 55.1 Å². The summed E-state index contributed by atoms with van der Waals surface area (Å²) in [5, 5.41) is 14.8. The van der Waals surface area contributed by atoms with Crippen LogP contribution in [-0.2, 0) is 11.0 Å². The normalized spacial score (nSPS) is 15.0. The van der Waals surface area contributed by atoms with Crippen molar-refractivity contribution < 1.29 is 27.9 Å². The minimum absolute atomic E-state index is 0.0330. The first-order chi connectivity index (χ1) is 17.2. The van der Waals surface area contributed by atoms with Gasteiger partial charge in [-0.1, -0.05) is 25.0 Å². The van der Waals surface area contributed by atoms with Crippen molar-refractivity contribution in [3.63, 3.8) is 0 Å². The predicted molar refractivity (Wildman–Crippen MR) is 126 cm³/mol. The predicted octanol–water partition coefficient (Wildman–Crippen LogP) is 4.83. The Morgan fingerprint density at radius 1 is 1.08 bits per heavy atom. The Hall–Kier alpha value is -3.89. The second-order valence-corrected chi connectivity index (χ2v) is 8.76. The van der Waals surface area contributed by atoms with E-state index in [1.54, 1.807) is 30.5 Å². The molecule has 1 aromatic carbocycles. The molecule has 8 nitrogen and oxygen atoms in total. The quantitative estimate of drug-likeness (QED) is 0.387. The molecule has 1 aliphatic rings. The lowest BCUT2D eigenvalue weighted by Gasteiger charge is -2.26. The number of aliphatic carboxylic acids is 1. The highest BCUT2D eigenvalue weighted by atomic mass is 19.4. The first-order valence-corrected chi connectivity index (χ1v) is 11.6. The summed E-state index contributed by atoms with van der Waals surface area (Å²) in [6, 6.07) is 10.6. The zero-order chi connectivity index (χ0) is 25.7. The van der Waals surface area contributed by atoms with Gasteiger partial charge < -0.3 is 15.7 Å². The minimum Gasteiger partial charge on any atom is -0.481 e. The number of carbonyl (C=O) groups excluding carboxylic acids is 1. The van der Waals surface area contributed by atoms with Gasteiger partial charge in [0.25, 0.3) is 5.91 Å². The first kappa shape index (κ1) is 25.2. The third kappa shape index (κ3) is 6.21. The molecule has 36 heavy (non-hydrogen) atoms. The lowest BCUT2D eigenvalue weighted by Crippen LogP contribution is -2.26. The van der Waals surface area contributed by atoms with Crippen LogP contribution >= 0.6 is 0 Å². The number of rotatable bonds is 9. The molecular formula is C25H26F3N5O3. The maximum atomic E-state index is 12.8. The van der Waals surface area contributed by atoms with Gasteiger partial charge in [0.15, 0.2) is 5.69 Å². The number of benzene rings is 1. The lowest BCUT2D eigenvalue weighted by atomic mass is 9.91. The summed E-state index contributed by atoms with van der Waals surface area (Å²) >= 11 is 0. The Morgan fingerprint density at radius 3 is 2.39 bits per heavy atom. The number of alkyl halides is 3. The number of halogens is 3. The first-order valence-electron chi connectivity index (χ1n) is 11.6. The summed E-state index contributed by atoms with van der Waals surface area (Å²) < 4.78 is 39.7. The Labute approximate surface area is 205 Å².